The molecule has 0 saturated carbocycles. The molecule has 1 aromatic rings. The van der Waals surface area contributed by atoms with Crippen molar-refractivity contribution in [1.29, 1.82) is 0 Å². The van der Waals surface area contributed by atoms with Crippen molar-refractivity contribution in [3.63, 3.8) is 0 Å². The Labute approximate surface area is 122 Å². The van der Waals surface area contributed by atoms with Gasteiger partial charge >= 0.3 is 0 Å². The van der Waals surface area contributed by atoms with Crippen LogP contribution in [-0.4, -0.2) is 31.0 Å². The molecule has 0 aromatic heterocycles. The quantitative estimate of drug-likeness (QED) is 0.683. The lowest BCUT2D eigenvalue weighted by Gasteiger charge is -2.13. The van der Waals surface area contributed by atoms with Crippen LogP contribution < -0.4 is 5.32 Å². The van der Waals surface area contributed by atoms with Crippen LogP contribution in [-0.2, 0) is 11.3 Å². The second kappa shape index (κ2) is 9.42. The molecule has 0 spiro atoms. The van der Waals surface area contributed by atoms with Crippen molar-refractivity contribution >= 4 is 15.9 Å². The first kappa shape index (κ1) is 16.6. The lowest BCUT2D eigenvalue weighted by atomic mass is 10.2. The van der Waals surface area contributed by atoms with E-state index in [0.29, 0.717) is 26.3 Å². The molecule has 0 aliphatic carbocycles. The maximum absolute atomic E-state index is 13.1. The topological polar surface area (TPSA) is 41.5 Å². The average molecular weight is 334 g/mol. The maximum atomic E-state index is 13.1. The fourth-order valence-corrected chi connectivity index (χ4v) is 1.96. The number of halogens is 2. The Kier molecular flexibility index (Phi) is 8.21. The summed E-state index contributed by atoms with van der Waals surface area (Å²) in [6.45, 7) is 4.04. The van der Waals surface area contributed by atoms with Gasteiger partial charge in [-0.05, 0) is 30.2 Å². The van der Waals surface area contributed by atoms with E-state index >= 15 is 0 Å². The summed E-state index contributed by atoms with van der Waals surface area (Å²) in [5, 5.41) is 12.8. The Morgan fingerprint density at radius 3 is 3.00 bits per heavy atom. The lowest BCUT2D eigenvalue weighted by Crippen LogP contribution is -2.30. The van der Waals surface area contributed by atoms with Crippen LogP contribution in [0.2, 0.25) is 0 Å². The molecular weight excluding hydrogens is 313 g/mol. The zero-order valence-corrected chi connectivity index (χ0v) is 12.7. The van der Waals surface area contributed by atoms with E-state index in [4.69, 9.17) is 4.74 Å². The van der Waals surface area contributed by atoms with Gasteiger partial charge in [-0.2, -0.15) is 0 Å². The number of unbranched alkanes of at least 4 members (excludes halogenated alkanes) is 1. The molecule has 1 atom stereocenters. The molecule has 19 heavy (non-hydrogen) atoms. The largest absolute Gasteiger partial charge is 0.389 e. The third kappa shape index (κ3) is 7.01. The zero-order chi connectivity index (χ0) is 14.1. The summed E-state index contributed by atoms with van der Waals surface area (Å²) >= 11 is 3.36. The maximum Gasteiger partial charge on any atom is 0.123 e. The summed E-state index contributed by atoms with van der Waals surface area (Å²) in [6.07, 6.45) is 1.56. The van der Waals surface area contributed by atoms with E-state index in [9.17, 15) is 9.50 Å². The standard InChI is InChI=1S/C14H21BrFNO2/c1-2-3-6-19-10-13(18)9-17-8-11-7-12(16)4-5-14(11)15/h4-5,7,13,17-18H,2-3,6,8-10H2,1H3. The minimum Gasteiger partial charge on any atom is -0.389 e. The van der Waals surface area contributed by atoms with Crippen molar-refractivity contribution in [2.24, 2.45) is 0 Å². The summed E-state index contributed by atoms with van der Waals surface area (Å²) in [4.78, 5) is 0. The second-order valence-electron chi connectivity index (χ2n) is 4.45. The van der Waals surface area contributed by atoms with Gasteiger partial charge in [0, 0.05) is 24.2 Å². The van der Waals surface area contributed by atoms with Crippen LogP contribution in [0, 0.1) is 5.82 Å². The number of ether oxygens (including phenoxy) is 1. The summed E-state index contributed by atoms with van der Waals surface area (Å²) in [7, 11) is 0. The minimum atomic E-state index is -0.538. The van der Waals surface area contributed by atoms with Crippen LogP contribution in [0.1, 0.15) is 25.3 Å². The van der Waals surface area contributed by atoms with Crippen LogP contribution in [0.4, 0.5) is 4.39 Å². The number of hydrogen-bond acceptors (Lipinski definition) is 3. The Bertz CT molecular complexity index is 376. The Morgan fingerprint density at radius 1 is 1.47 bits per heavy atom. The van der Waals surface area contributed by atoms with Gasteiger partial charge in [0.2, 0.25) is 0 Å². The smallest absolute Gasteiger partial charge is 0.123 e. The van der Waals surface area contributed by atoms with E-state index < -0.39 is 6.10 Å². The molecule has 1 rings (SSSR count). The molecule has 0 radical (unpaired) electrons. The van der Waals surface area contributed by atoms with Crippen LogP contribution >= 0.6 is 15.9 Å². The number of rotatable bonds is 9. The van der Waals surface area contributed by atoms with Gasteiger partial charge in [-0.3, -0.25) is 0 Å². The molecule has 0 amide bonds. The first-order chi connectivity index (χ1) is 9.13. The van der Waals surface area contributed by atoms with Gasteiger partial charge in [-0.1, -0.05) is 29.3 Å². The van der Waals surface area contributed by atoms with Gasteiger partial charge in [-0.25, -0.2) is 4.39 Å². The molecule has 0 saturated heterocycles. The second-order valence-corrected chi connectivity index (χ2v) is 5.30. The summed E-state index contributed by atoms with van der Waals surface area (Å²) in [5.41, 5.74) is 0.833. The predicted molar refractivity (Wildman–Crippen MR) is 77.5 cm³/mol. The van der Waals surface area contributed by atoms with E-state index in [1.807, 2.05) is 0 Å². The normalized spacial score (nSPS) is 12.6. The third-order valence-electron chi connectivity index (χ3n) is 2.66. The molecule has 108 valence electrons. The molecule has 0 fully saturated rings. The van der Waals surface area contributed by atoms with Crippen molar-refractivity contribution in [2.45, 2.75) is 32.4 Å². The van der Waals surface area contributed by atoms with Crippen LogP contribution in [0.15, 0.2) is 22.7 Å². The van der Waals surface area contributed by atoms with Gasteiger partial charge in [0.25, 0.3) is 0 Å². The van der Waals surface area contributed by atoms with Crippen LogP contribution in [0.3, 0.4) is 0 Å². The molecule has 0 heterocycles. The number of hydrogen-bond donors (Lipinski definition) is 2. The number of aliphatic hydroxyl groups is 1. The first-order valence-electron chi connectivity index (χ1n) is 6.54. The molecule has 0 aliphatic heterocycles. The SMILES string of the molecule is CCCCOCC(O)CNCc1cc(F)ccc1Br. The monoisotopic (exact) mass is 333 g/mol. The van der Waals surface area contributed by atoms with E-state index in [0.717, 1.165) is 22.9 Å². The van der Waals surface area contributed by atoms with Gasteiger partial charge in [0.05, 0.1) is 12.7 Å². The van der Waals surface area contributed by atoms with Gasteiger partial charge in [-0.15, -0.1) is 0 Å². The third-order valence-corrected chi connectivity index (χ3v) is 3.43. The van der Waals surface area contributed by atoms with Crippen molar-refractivity contribution in [3.8, 4) is 0 Å². The van der Waals surface area contributed by atoms with E-state index in [2.05, 4.69) is 28.2 Å². The van der Waals surface area contributed by atoms with Crippen molar-refractivity contribution < 1.29 is 14.2 Å². The summed E-state index contributed by atoms with van der Waals surface area (Å²) < 4.78 is 19.2. The van der Waals surface area contributed by atoms with E-state index in [1.54, 1.807) is 6.07 Å². The average Bonchev–Trinajstić information content (AvgIpc) is 2.39. The fourth-order valence-electron chi connectivity index (χ4n) is 1.58. The molecule has 2 N–H and O–H groups in total. The highest BCUT2D eigenvalue weighted by atomic mass is 79.9. The van der Waals surface area contributed by atoms with Crippen molar-refractivity contribution in [2.75, 3.05) is 19.8 Å². The minimum absolute atomic E-state index is 0.261. The van der Waals surface area contributed by atoms with E-state index in [1.165, 1.54) is 12.1 Å². The summed E-state index contributed by atoms with van der Waals surface area (Å²) in [6, 6.07) is 4.56. The summed E-state index contributed by atoms with van der Waals surface area (Å²) in [5.74, 6) is -0.261. The molecule has 1 unspecified atom stereocenters. The molecule has 3 nitrogen and oxygen atoms in total. The van der Waals surface area contributed by atoms with Crippen molar-refractivity contribution in [1.82, 2.24) is 5.32 Å². The first-order valence-corrected chi connectivity index (χ1v) is 7.33. The Balaban J connectivity index is 2.20. The predicted octanol–water partition coefficient (Wildman–Crippen LogP) is 2.86. The fraction of sp³-hybridized carbons (Fsp3) is 0.571. The van der Waals surface area contributed by atoms with Gasteiger partial charge in [0.15, 0.2) is 0 Å². The Morgan fingerprint density at radius 2 is 2.26 bits per heavy atom. The van der Waals surface area contributed by atoms with Crippen LogP contribution in [0.25, 0.3) is 0 Å². The Hall–Kier alpha value is -0.490. The highest BCUT2D eigenvalue weighted by Crippen LogP contribution is 2.17. The number of nitrogens with one attached hydrogen (secondary N) is 1. The van der Waals surface area contributed by atoms with Crippen LogP contribution in [0.5, 0.6) is 0 Å². The highest BCUT2D eigenvalue weighted by molar-refractivity contribution is 9.10. The van der Waals surface area contributed by atoms with Gasteiger partial charge < -0.3 is 15.2 Å². The van der Waals surface area contributed by atoms with Crippen molar-refractivity contribution in [3.05, 3.63) is 34.1 Å². The zero-order valence-electron chi connectivity index (χ0n) is 11.2. The molecule has 5 heteroatoms. The molecule has 0 bridgehead atoms. The number of aliphatic hydroxyl groups excluding tert-OH is 1. The molecule has 1 aromatic carbocycles. The molecular formula is C14H21BrFNO2. The van der Waals surface area contributed by atoms with Gasteiger partial charge in [0.1, 0.15) is 5.82 Å². The molecule has 0 aliphatic rings. The van der Waals surface area contributed by atoms with E-state index in [-0.39, 0.29) is 5.82 Å². The highest BCUT2D eigenvalue weighted by Gasteiger charge is 2.05. The lowest BCUT2D eigenvalue weighted by molar-refractivity contribution is 0.0358. The number of benzene rings is 1.